The second-order valence-electron chi connectivity index (χ2n) is 4.50. The van der Waals surface area contributed by atoms with Crippen LogP contribution in [-0.4, -0.2) is 17.0 Å². The third-order valence-corrected chi connectivity index (χ3v) is 2.94. The van der Waals surface area contributed by atoms with E-state index in [1.54, 1.807) is 0 Å². The molecule has 0 aliphatic rings. The van der Waals surface area contributed by atoms with E-state index >= 15 is 0 Å². The van der Waals surface area contributed by atoms with E-state index in [0.717, 1.165) is 30.3 Å². The van der Waals surface area contributed by atoms with Crippen LogP contribution in [0.3, 0.4) is 0 Å². The second-order valence-corrected chi connectivity index (χ2v) is 4.50. The quantitative estimate of drug-likeness (QED) is 0.843. The van der Waals surface area contributed by atoms with Gasteiger partial charge in [0.15, 0.2) is 0 Å². The lowest BCUT2D eigenvalue weighted by atomic mass is 10.1. The van der Waals surface area contributed by atoms with Gasteiger partial charge in [0.25, 0.3) is 5.91 Å². The SMILES string of the molecule is O=C(O)c1ccc(NC(=O)c2ccccc2C(F)(F)F)c(F)c1. The van der Waals surface area contributed by atoms with Gasteiger partial charge in [0, 0.05) is 0 Å². The summed E-state index contributed by atoms with van der Waals surface area (Å²) >= 11 is 0. The molecule has 120 valence electrons. The molecule has 0 radical (unpaired) electrons. The Balaban J connectivity index is 2.32. The van der Waals surface area contributed by atoms with E-state index in [0.29, 0.717) is 6.07 Å². The van der Waals surface area contributed by atoms with Gasteiger partial charge in [-0.15, -0.1) is 0 Å². The van der Waals surface area contributed by atoms with E-state index in [4.69, 9.17) is 5.11 Å². The van der Waals surface area contributed by atoms with Crippen LogP contribution in [0.5, 0.6) is 0 Å². The van der Waals surface area contributed by atoms with Gasteiger partial charge in [-0.05, 0) is 30.3 Å². The van der Waals surface area contributed by atoms with Crippen LogP contribution < -0.4 is 5.32 Å². The first-order valence-electron chi connectivity index (χ1n) is 6.20. The fourth-order valence-corrected chi connectivity index (χ4v) is 1.87. The number of aromatic carboxylic acids is 1. The van der Waals surface area contributed by atoms with Crippen molar-refractivity contribution in [1.82, 2.24) is 0 Å². The first kappa shape index (κ1) is 16.5. The summed E-state index contributed by atoms with van der Waals surface area (Å²) in [5, 5.41) is 10.7. The smallest absolute Gasteiger partial charge is 0.417 e. The van der Waals surface area contributed by atoms with E-state index < -0.39 is 40.7 Å². The number of anilines is 1. The van der Waals surface area contributed by atoms with Gasteiger partial charge in [-0.3, -0.25) is 4.79 Å². The third-order valence-electron chi connectivity index (χ3n) is 2.94. The maximum absolute atomic E-state index is 13.7. The predicted octanol–water partition coefficient (Wildman–Crippen LogP) is 3.80. The normalized spacial score (nSPS) is 11.1. The van der Waals surface area contributed by atoms with Gasteiger partial charge in [-0.25, -0.2) is 9.18 Å². The van der Waals surface area contributed by atoms with Crippen LogP contribution in [0.25, 0.3) is 0 Å². The molecule has 2 aromatic rings. The summed E-state index contributed by atoms with van der Waals surface area (Å²) in [7, 11) is 0. The Morgan fingerprint density at radius 1 is 1.04 bits per heavy atom. The van der Waals surface area contributed by atoms with Crippen molar-refractivity contribution in [3.63, 3.8) is 0 Å². The summed E-state index contributed by atoms with van der Waals surface area (Å²) in [5.74, 6) is -3.59. The van der Waals surface area contributed by atoms with Gasteiger partial charge in [-0.2, -0.15) is 13.2 Å². The number of rotatable bonds is 3. The minimum Gasteiger partial charge on any atom is -0.478 e. The van der Waals surface area contributed by atoms with Crippen molar-refractivity contribution in [1.29, 1.82) is 0 Å². The number of carboxylic acids is 1. The standard InChI is InChI=1S/C15H9F4NO3/c16-11-7-8(14(22)23)5-6-12(11)20-13(21)9-3-1-2-4-10(9)15(17,18)19/h1-7H,(H,20,21)(H,22,23). The molecule has 0 saturated carbocycles. The number of hydrogen-bond donors (Lipinski definition) is 2. The number of halogens is 4. The van der Waals surface area contributed by atoms with Crippen molar-refractivity contribution < 1.29 is 32.3 Å². The number of carbonyl (C=O) groups excluding carboxylic acids is 1. The van der Waals surface area contributed by atoms with Crippen LogP contribution in [0.1, 0.15) is 26.3 Å². The molecule has 23 heavy (non-hydrogen) atoms. The monoisotopic (exact) mass is 327 g/mol. The molecule has 2 aromatic carbocycles. The zero-order valence-electron chi connectivity index (χ0n) is 11.3. The Bertz CT molecular complexity index is 772. The highest BCUT2D eigenvalue weighted by Gasteiger charge is 2.34. The number of carboxylic acid groups (broad SMARTS) is 1. The van der Waals surface area contributed by atoms with E-state index in [1.807, 2.05) is 5.32 Å². The van der Waals surface area contributed by atoms with Crippen LogP contribution in [0.15, 0.2) is 42.5 Å². The summed E-state index contributed by atoms with van der Waals surface area (Å²) in [6.07, 6.45) is -4.74. The largest absolute Gasteiger partial charge is 0.478 e. The highest BCUT2D eigenvalue weighted by Crippen LogP contribution is 2.32. The second kappa shape index (κ2) is 6.07. The lowest BCUT2D eigenvalue weighted by Crippen LogP contribution is -2.19. The first-order valence-corrected chi connectivity index (χ1v) is 6.20. The molecule has 0 saturated heterocycles. The minimum absolute atomic E-state index is 0.351. The Hall–Kier alpha value is -2.90. The summed E-state index contributed by atoms with van der Waals surface area (Å²) in [4.78, 5) is 22.6. The molecule has 0 atom stereocenters. The van der Waals surface area contributed by atoms with Crippen molar-refractivity contribution in [2.75, 3.05) is 5.32 Å². The maximum Gasteiger partial charge on any atom is 0.417 e. The van der Waals surface area contributed by atoms with Crippen LogP contribution in [0.4, 0.5) is 23.2 Å². The van der Waals surface area contributed by atoms with Crippen molar-refractivity contribution >= 4 is 17.6 Å². The number of nitrogens with one attached hydrogen (secondary N) is 1. The maximum atomic E-state index is 13.7. The van der Waals surface area contributed by atoms with Crippen LogP contribution >= 0.6 is 0 Å². The Labute approximate surface area is 127 Å². The lowest BCUT2D eigenvalue weighted by molar-refractivity contribution is -0.137. The average Bonchev–Trinajstić information content (AvgIpc) is 2.48. The number of hydrogen-bond acceptors (Lipinski definition) is 2. The molecule has 2 rings (SSSR count). The van der Waals surface area contributed by atoms with Gasteiger partial charge in [-0.1, -0.05) is 12.1 Å². The Kier molecular flexibility index (Phi) is 4.35. The molecule has 0 aliphatic heterocycles. The molecule has 8 heteroatoms. The zero-order valence-corrected chi connectivity index (χ0v) is 11.3. The van der Waals surface area contributed by atoms with Crippen molar-refractivity contribution in [2.45, 2.75) is 6.18 Å². The lowest BCUT2D eigenvalue weighted by Gasteiger charge is -2.13. The minimum atomic E-state index is -4.74. The molecule has 0 aromatic heterocycles. The van der Waals surface area contributed by atoms with Gasteiger partial charge >= 0.3 is 12.1 Å². The van der Waals surface area contributed by atoms with Crippen LogP contribution in [0.2, 0.25) is 0 Å². The van der Waals surface area contributed by atoms with Crippen molar-refractivity contribution in [3.8, 4) is 0 Å². The molecular weight excluding hydrogens is 318 g/mol. The molecule has 0 fully saturated rings. The zero-order chi connectivity index (χ0) is 17.2. The fourth-order valence-electron chi connectivity index (χ4n) is 1.87. The van der Waals surface area contributed by atoms with E-state index in [-0.39, 0.29) is 5.56 Å². The summed E-state index contributed by atoms with van der Waals surface area (Å²) in [6.45, 7) is 0. The summed E-state index contributed by atoms with van der Waals surface area (Å²) in [5.41, 5.74) is -2.59. The summed E-state index contributed by atoms with van der Waals surface area (Å²) < 4.78 is 52.3. The molecule has 2 N–H and O–H groups in total. The van der Waals surface area contributed by atoms with Crippen molar-refractivity contribution in [2.24, 2.45) is 0 Å². The number of amides is 1. The Morgan fingerprint density at radius 3 is 2.26 bits per heavy atom. The van der Waals surface area contributed by atoms with E-state index in [1.165, 1.54) is 6.07 Å². The Morgan fingerprint density at radius 2 is 1.70 bits per heavy atom. The molecule has 0 aliphatic carbocycles. The number of benzene rings is 2. The highest BCUT2D eigenvalue weighted by molar-refractivity contribution is 6.05. The number of alkyl halides is 3. The number of carbonyl (C=O) groups is 2. The molecule has 4 nitrogen and oxygen atoms in total. The molecule has 0 bridgehead atoms. The average molecular weight is 327 g/mol. The van der Waals surface area contributed by atoms with Crippen LogP contribution in [0, 0.1) is 5.82 Å². The molecular formula is C15H9F4NO3. The molecule has 0 unspecified atom stereocenters. The van der Waals surface area contributed by atoms with Crippen LogP contribution in [-0.2, 0) is 6.18 Å². The first-order chi connectivity index (χ1) is 10.7. The summed E-state index contributed by atoms with van der Waals surface area (Å²) in [6, 6.07) is 6.72. The van der Waals surface area contributed by atoms with E-state index in [9.17, 15) is 27.2 Å². The highest BCUT2D eigenvalue weighted by atomic mass is 19.4. The van der Waals surface area contributed by atoms with Crippen molar-refractivity contribution in [3.05, 3.63) is 65.0 Å². The van der Waals surface area contributed by atoms with E-state index in [2.05, 4.69) is 0 Å². The molecule has 1 amide bonds. The van der Waals surface area contributed by atoms with Gasteiger partial charge < -0.3 is 10.4 Å². The van der Waals surface area contributed by atoms with Gasteiger partial charge in [0.1, 0.15) is 5.82 Å². The fraction of sp³-hybridized carbons (Fsp3) is 0.0667. The van der Waals surface area contributed by atoms with Gasteiger partial charge in [0.05, 0.1) is 22.4 Å². The molecule has 0 spiro atoms. The topological polar surface area (TPSA) is 66.4 Å². The van der Waals surface area contributed by atoms with Gasteiger partial charge in [0.2, 0.25) is 0 Å². The predicted molar refractivity (Wildman–Crippen MR) is 72.8 cm³/mol. The molecule has 0 heterocycles. The third kappa shape index (κ3) is 3.65.